The van der Waals surface area contributed by atoms with Crippen molar-refractivity contribution >= 4 is 16.9 Å². The summed E-state index contributed by atoms with van der Waals surface area (Å²) in [5.74, 6) is -0.392. The predicted molar refractivity (Wildman–Crippen MR) is 66.4 cm³/mol. The van der Waals surface area contributed by atoms with E-state index in [1.807, 2.05) is 6.07 Å². The van der Waals surface area contributed by atoms with Gasteiger partial charge in [0.15, 0.2) is 1.41 Å². The Morgan fingerprint density at radius 1 is 1.59 bits per heavy atom. The van der Waals surface area contributed by atoms with Gasteiger partial charge < -0.3 is 10.1 Å². The molecule has 1 unspecified atom stereocenters. The van der Waals surface area contributed by atoms with Crippen LogP contribution in [-0.2, 0) is 12.8 Å². The lowest BCUT2D eigenvalue weighted by molar-refractivity contribution is 0.0699. The monoisotopic (exact) mass is 230 g/mol. The highest BCUT2D eigenvalue weighted by molar-refractivity contribution is 6.03. The molecule has 0 spiro atoms. The summed E-state index contributed by atoms with van der Waals surface area (Å²) in [6.07, 6.45) is 2.93. The van der Waals surface area contributed by atoms with Crippen molar-refractivity contribution in [3.63, 3.8) is 0 Å². The van der Waals surface area contributed by atoms with E-state index in [0.29, 0.717) is 11.4 Å². The molecule has 1 aliphatic rings. The third-order valence-electron chi connectivity index (χ3n) is 3.62. The van der Waals surface area contributed by atoms with E-state index < -0.39 is 5.97 Å². The Balaban J connectivity index is 2.36. The first kappa shape index (κ1) is 9.28. The van der Waals surface area contributed by atoms with Crippen LogP contribution in [0.3, 0.4) is 0 Å². The zero-order chi connectivity index (χ0) is 12.9. The van der Waals surface area contributed by atoms with Crippen LogP contribution in [-0.4, -0.2) is 16.1 Å². The molecular formula is C14H15NO2. The fraction of sp³-hybridized carbons (Fsp3) is 0.357. The molecule has 0 amide bonds. The first-order chi connectivity index (χ1) is 8.59. The maximum absolute atomic E-state index is 11.2. The summed E-state index contributed by atoms with van der Waals surface area (Å²) in [5, 5.41) is 10.2. The van der Waals surface area contributed by atoms with Crippen molar-refractivity contribution in [3.8, 4) is 0 Å². The van der Waals surface area contributed by atoms with Gasteiger partial charge in [-0.1, -0.05) is 19.1 Å². The van der Waals surface area contributed by atoms with Crippen LogP contribution < -0.4 is 0 Å². The number of aromatic carboxylic acids is 1. The average Bonchev–Trinajstić information content (AvgIpc) is 2.63. The zero-order valence-corrected chi connectivity index (χ0v) is 9.73. The number of benzene rings is 1. The lowest BCUT2D eigenvalue weighted by atomic mass is 9.88. The number of para-hydroxylation sites is 1. The highest BCUT2D eigenvalue weighted by atomic mass is 16.4. The standard InChI is InChI=1S/C14H15NO2/c1-8-5-6-9-10-3-2-4-11(14(16)17)13(10)15-12(9)7-8/h2-4,8,15H,5-7H2,1H3,(H,16,17)/i/hD. The number of carboxylic acid groups (broad SMARTS) is 1. The van der Waals surface area contributed by atoms with Gasteiger partial charge in [-0.2, -0.15) is 0 Å². The van der Waals surface area contributed by atoms with Gasteiger partial charge in [0, 0.05) is 11.1 Å². The number of aromatic nitrogens is 1. The maximum Gasteiger partial charge on any atom is 0.337 e. The van der Waals surface area contributed by atoms with Crippen LogP contribution in [0.2, 0.25) is 1.41 Å². The van der Waals surface area contributed by atoms with E-state index in [-0.39, 0.29) is 5.56 Å². The van der Waals surface area contributed by atoms with E-state index in [0.717, 1.165) is 30.3 Å². The molecule has 1 atom stereocenters. The van der Waals surface area contributed by atoms with Crippen LogP contribution >= 0.6 is 0 Å². The summed E-state index contributed by atoms with van der Waals surface area (Å²) in [6.45, 7) is 2.18. The third-order valence-corrected chi connectivity index (χ3v) is 3.62. The highest BCUT2D eigenvalue weighted by Crippen LogP contribution is 2.32. The Kier molecular flexibility index (Phi) is 1.98. The number of aromatic amines is 1. The molecule has 0 radical (unpaired) electrons. The van der Waals surface area contributed by atoms with Gasteiger partial charge in [-0.25, -0.2) is 4.79 Å². The lowest BCUT2D eigenvalue weighted by Crippen LogP contribution is -2.10. The van der Waals surface area contributed by atoms with Crippen molar-refractivity contribution in [1.82, 2.24) is 4.98 Å². The lowest BCUT2D eigenvalue weighted by Gasteiger charge is -2.17. The van der Waals surface area contributed by atoms with Crippen LogP contribution in [0.5, 0.6) is 0 Å². The molecule has 2 N–H and O–H groups in total. The molecule has 3 heteroatoms. The second-order valence-electron chi connectivity index (χ2n) is 4.89. The summed E-state index contributed by atoms with van der Waals surface area (Å²) in [7, 11) is 0. The number of hydrogen-bond donors (Lipinski definition) is 2. The van der Waals surface area contributed by atoms with Crippen LogP contribution in [0.4, 0.5) is 0 Å². The largest absolute Gasteiger partial charge is 0.478 e. The van der Waals surface area contributed by atoms with Crippen LogP contribution in [0.25, 0.3) is 10.9 Å². The molecule has 3 rings (SSSR count). The number of hydrogen-bond acceptors (Lipinski definition) is 1. The molecule has 3 nitrogen and oxygen atoms in total. The molecule has 1 aromatic carbocycles. The van der Waals surface area contributed by atoms with Crippen LogP contribution in [0.15, 0.2) is 18.2 Å². The molecule has 1 aromatic heterocycles. The average molecular weight is 230 g/mol. The minimum atomic E-state index is -0.961. The van der Waals surface area contributed by atoms with Crippen molar-refractivity contribution in [2.45, 2.75) is 26.2 Å². The molecule has 17 heavy (non-hydrogen) atoms. The third kappa shape index (κ3) is 1.54. The van der Waals surface area contributed by atoms with Crippen LogP contribution in [0.1, 0.15) is 35.0 Å². The molecule has 0 aliphatic heterocycles. The molecule has 0 saturated heterocycles. The van der Waals surface area contributed by atoms with Crippen molar-refractivity contribution < 1.29 is 11.3 Å². The fourth-order valence-electron chi connectivity index (χ4n) is 2.71. The SMILES string of the molecule is [2H]n1c2c(c3cccc(C(=O)O)c31)CCC(C)C2. The van der Waals surface area contributed by atoms with E-state index >= 15 is 0 Å². The molecule has 0 bridgehead atoms. The fourth-order valence-corrected chi connectivity index (χ4v) is 2.71. The minimum Gasteiger partial charge on any atom is -0.478 e. The topological polar surface area (TPSA) is 53.1 Å². The van der Waals surface area contributed by atoms with Crippen molar-refractivity contribution in [2.24, 2.45) is 5.92 Å². The first-order valence-corrected chi connectivity index (χ1v) is 5.97. The maximum atomic E-state index is 11.2. The van der Waals surface area contributed by atoms with Gasteiger partial charge in [0.05, 0.1) is 11.1 Å². The van der Waals surface area contributed by atoms with Gasteiger partial charge in [0.25, 0.3) is 0 Å². The summed E-state index contributed by atoms with van der Waals surface area (Å²) >= 11 is 0. The zero-order valence-electron chi connectivity index (χ0n) is 10.7. The summed E-state index contributed by atoms with van der Waals surface area (Å²) in [6, 6.07) is 5.27. The smallest absolute Gasteiger partial charge is 0.337 e. The molecular weight excluding hydrogens is 214 g/mol. The van der Waals surface area contributed by atoms with Crippen molar-refractivity contribution in [1.29, 1.82) is 0 Å². The number of H-pyrrole nitrogens is 1. The molecule has 88 valence electrons. The van der Waals surface area contributed by atoms with E-state index in [2.05, 4.69) is 6.92 Å². The number of carbonyl (C=O) groups is 1. The number of fused-ring (bicyclic) bond motifs is 3. The number of rotatable bonds is 1. The van der Waals surface area contributed by atoms with Crippen LogP contribution in [0, 0.1) is 5.92 Å². The predicted octanol–water partition coefficient (Wildman–Crippen LogP) is 2.99. The quantitative estimate of drug-likeness (QED) is 0.791. The Morgan fingerprint density at radius 3 is 3.18 bits per heavy atom. The normalized spacial score (nSPS) is 20.1. The van der Waals surface area contributed by atoms with Gasteiger partial charge in [0.1, 0.15) is 0 Å². The van der Waals surface area contributed by atoms with E-state index in [1.165, 1.54) is 10.5 Å². The van der Waals surface area contributed by atoms with E-state index in [1.54, 1.807) is 12.1 Å². The molecule has 0 fully saturated rings. The summed E-state index contributed by atoms with van der Waals surface area (Å²) < 4.78 is 8.18. The van der Waals surface area contributed by atoms with E-state index in [9.17, 15) is 9.90 Å². The summed E-state index contributed by atoms with van der Waals surface area (Å²) in [4.78, 5) is 12.6. The Hall–Kier alpha value is -1.77. The number of nitrogens with one attached hydrogen (secondary N) is 1. The molecule has 1 aliphatic carbocycles. The van der Waals surface area contributed by atoms with Gasteiger partial charge in [-0.05, 0) is 36.8 Å². The van der Waals surface area contributed by atoms with Crippen molar-refractivity contribution in [3.05, 3.63) is 35.0 Å². The van der Waals surface area contributed by atoms with Gasteiger partial charge in [-0.3, -0.25) is 0 Å². The van der Waals surface area contributed by atoms with E-state index in [4.69, 9.17) is 1.41 Å². The highest BCUT2D eigenvalue weighted by Gasteiger charge is 2.21. The molecule has 1 heterocycles. The van der Waals surface area contributed by atoms with Crippen molar-refractivity contribution in [2.75, 3.05) is 0 Å². The second kappa shape index (κ2) is 3.62. The molecule has 2 aromatic rings. The summed E-state index contributed by atoms with van der Waals surface area (Å²) in [5.41, 5.74) is 2.92. The minimum absolute atomic E-state index is 0.226. The van der Waals surface area contributed by atoms with Gasteiger partial charge in [0.2, 0.25) is 0 Å². The Morgan fingerprint density at radius 2 is 2.41 bits per heavy atom. The van der Waals surface area contributed by atoms with Gasteiger partial charge >= 0.3 is 5.97 Å². The molecule has 0 saturated carbocycles. The Bertz CT molecular complexity index is 645. The van der Waals surface area contributed by atoms with Gasteiger partial charge in [-0.15, -0.1) is 0 Å². The number of aryl methyl sites for hydroxylation is 1. The Labute approximate surface area is 101 Å². The first-order valence-electron chi connectivity index (χ1n) is 6.42. The second-order valence-corrected chi connectivity index (χ2v) is 4.89. The number of carboxylic acids is 1.